The van der Waals surface area contributed by atoms with Gasteiger partial charge >= 0.3 is 14.5 Å². The van der Waals surface area contributed by atoms with E-state index in [1.165, 1.54) is 11.9 Å². The first-order valence-corrected chi connectivity index (χ1v) is 15.3. The molecule has 1 aliphatic rings. The highest BCUT2D eigenvalue weighted by Crippen LogP contribution is 2.42. The standard InChI is InChI=1S/C30H41N6O5P/c1-20(28(37)40-25-15-30(5,6)16-25)35-42(41-23-11-7-21(8-12-23)29(2,3)4)39-17-24(38-18-31)13-9-22-10-14-26-27(32)33-19-34-36(22)26/h7-8,10-12,14,19-20,24-25,35H,9,13,15-17H2,1-6H3,(H2,32,33,34). The van der Waals surface area contributed by atoms with Gasteiger partial charge in [0.25, 0.3) is 6.26 Å². The number of anilines is 1. The number of aryl methyl sites for hydroxylation is 1. The molecular formula is C30H41N6O5P. The molecule has 3 unspecified atom stereocenters. The van der Waals surface area contributed by atoms with Crippen LogP contribution in [0, 0.1) is 16.9 Å². The Labute approximate surface area is 248 Å². The monoisotopic (exact) mass is 596 g/mol. The molecule has 0 bridgehead atoms. The fourth-order valence-corrected chi connectivity index (χ4v) is 6.06. The topological polar surface area (TPSA) is 146 Å². The van der Waals surface area contributed by atoms with Gasteiger partial charge < -0.3 is 24.3 Å². The molecule has 1 fully saturated rings. The fourth-order valence-electron chi connectivity index (χ4n) is 4.84. The van der Waals surface area contributed by atoms with E-state index in [1.807, 2.05) is 36.4 Å². The van der Waals surface area contributed by atoms with Gasteiger partial charge in [0.15, 0.2) is 5.82 Å². The van der Waals surface area contributed by atoms with Crippen LogP contribution in [0.4, 0.5) is 5.82 Å². The van der Waals surface area contributed by atoms with Crippen molar-refractivity contribution in [1.82, 2.24) is 19.7 Å². The minimum Gasteiger partial charge on any atom is -0.461 e. The number of nitrogens with one attached hydrogen (secondary N) is 1. The Morgan fingerprint density at radius 3 is 2.60 bits per heavy atom. The molecule has 3 N–H and O–H groups in total. The highest BCUT2D eigenvalue weighted by Gasteiger charge is 2.39. The number of carbonyl (C=O) groups is 1. The van der Waals surface area contributed by atoms with Gasteiger partial charge in [-0.25, -0.2) is 14.6 Å². The molecular weight excluding hydrogens is 555 g/mol. The second kappa shape index (κ2) is 13.2. The van der Waals surface area contributed by atoms with Gasteiger partial charge in [0.1, 0.15) is 35.8 Å². The van der Waals surface area contributed by atoms with E-state index in [2.05, 4.69) is 49.8 Å². The Bertz CT molecular complexity index is 1390. The summed E-state index contributed by atoms with van der Waals surface area (Å²) in [5.74, 6) is 0.629. The molecule has 42 heavy (non-hydrogen) atoms. The molecule has 0 amide bonds. The number of hydrogen-bond donors (Lipinski definition) is 2. The molecule has 11 nitrogen and oxygen atoms in total. The van der Waals surface area contributed by atoms with Gasteiger partial charge in [-0.15, -0.1) is 0 Å². The molecule has 0 radical (unpaired) electrons. The maximum absolute atomic E-state index is 12.8. The number of hydrogen-bond acceptors (Lipinski definition) is 10. The van der Waals surface area contributed by atoms with Crippen molar-refractivity contribution in [3.63, 3.8) is 0 Å². The van der Waals surface area contributed by atoms with Gasteiger partial charge in [-0.2, -0.15) is 10.4 Å². The summed E-state index contributed by atoms with van der Waals surface area (Å²) in [5.41, 5.74) is 8.92. The number of nitrogen functional groups attached to an aromatic ring is 1. The molecule has 0 saturated heterocycles. The van der Waals surface area contributed by atoms with Crippen LogP contribution < -0.4 is 15.3 Å². The fraction of sp³-hybridized carbons (Fsp3) is 0.533. The number of aromatic nitrogens is 3. The summed E-state index contributed by atoms with van der Waals surface area (Å²) in [5, 5.41) is 16.7. The Hall–Kier alpha value is -3.45. The number of carbonyl (C=O) groups excluding carboxylic acids is 1. The minimum absolute atomic E-state index is 0.00268. The highest BCUT2D eigenvalue weighted by atomic mass is 31.2. The lowest BCUT2D eigenvalue weighted by Gasteiger charge is -2.41. The average molecular weight is 597 g/mol. The van der Waals surface area contributed by atoms with E-state index in [0.717, 1.165) is 18.5 Å². The summed E-state index contributed by atoms with van der Waals surface area (Å²) in [6.07, 6.45) is 5.27. The number of nitriles is 1. The molecule has 3 atom stereocenters. The van der Waals surface area contributed by atoms with Crippen LogP contribution in [0.1, 0.15) is 72.1 Å². The number of ether oxygens (including phenoxy) is 2. The number of rotatable bonds is 13. The van der Waals surface area contributed by atoms with Crippen molar-refractivity contribution in [1.29, 1.82) is 5.26 Å². The van der Waals surface area contributed by atoms with E-state index in [4.69, 9.17) is 24.3 Å². The van der Waals surface area contributed by atoms with Crippen LogP contribution in [-0.2, 0) is 30.6 Å². The van der Waals surface area contributed by atoms with Crippen molar-refractivity contribution in [2.45, 2.75) is 90.9 Å². The summed E-state index contributed by atoms with van der Waals surface area (Å²) in [6.45, 7) is 12.5. The normalized spacial score (nSPS) is 17.1. The second-order valence-electron chi connectivity index (χ2n) is 12.5. The number of nitrogens with two attached hydrogens (primary N) is 1. The predicted molar refractivity (Wildman–Crippen MR) is 160 cm³/mol. The van der Waals surface area contributed by atoms with Crippen molar-refractivity contribution < 1.29 is 23.3 Å². The molecule has 3 aromatic rings. The number of fused-ring (bicyclic) bond motifs is 1. The third kappa shape index (κ3) is 8.31. The lowest BCUT2D eigenvalue weighted by molar-refractivity contribution is -0.161. The van der Waals surface area contributed by atoms with Crippen LogP contribution in [0.25, 0.3) is 5.52 Å². The first kappa shape index (κ1) is 31.5. The first-order chi connectivity index (χ1) is 19.8. The zero-order chi connectivity index (χ0) is 30.5. The highest BCUT2D eigenvalue weighted by molar-refractivity contribution is 7.45. The van der Waals surface area contributed by atoms with Crippen LogP contribution in [0.3, 0.4) is 0 Å². The van der Waals surface area contributed by atoms with Crippen molar-refractivity contribution in [3.05, 3.63) is 54.0 Å². The van der Waals surface area contributed by atoms with Crippen LogP contribution >= 0.6 is 8.53 Å². The summed E-state index contributed by atoms with van der Waals surface area (Å²) < 4.78 is 25.0. The minimum atomic E-state index is -1.79. The Morgan fingerprint density at radius 1 is 1.24 bits per heavy atom. The van der Waals surface area contributed by atoms with Gasteiger partial charge in [-0.1, -0.05) is 46.8 Å². The van der Waals surface area contributed by atoms with Crippen molar-refractivity contribution in [3.8, 4) is 12.0 Å². The summed E-state index contributed by atoms with van der Waals surface area (Å²) in [4.78, 5) is 16.8. The molecule has 0 spiro atoms. The van der Waals surface area contributed by atoms with Gasteiger partial charge in [0.2, 0.25) is 0 Å². The average Bonchev–Trinajstić information content (AvgIpc) is 3.33. The van der Waals surface area contributed by atoms with E-state index >= 15 is 0 Å². The van der Waals surface area contributed by atoms with Crippen LogP contribution in [0.5, 0.6) is 5.75 Å². The van der Waals surface area contributed by atoms with Crippen molar-refractivity contribution in [2.24, 2.45) is 5.41 Å². The van der Waals surface area contributed by atoms with Gasteiger partial charge in [-0.05, 0) is 73.3 Å². The quantitative estimate of drug-likeness (QED) is 0.149. The SMILES string of the molecule is CC(NP(OCC(CCc1ccc2c(N)ncnn12)OC#N)Oc1ccc(C(C)(C)C)cc1)C(=O)OC1CC(C)(C)C1. The molecule has 1 aliphatic carbocycles. The van der Waals surface area contributed by atoms with Gasteiger partial charge in [0.05, 0.1) is 6.61 Å². The molecule has 0 aliphatic heterocycles. The first-order valence-electron chi connectivity index (χ1n) is 14.1. The summed E-state index contributed by atoms with van der Waals surface area (Å²) in [6, 6.07) is 10.9. The zero-order valence-electron chi connectivity index (χ0n) is 25.2. The number of benzene rings is 1. The van der Waals surface area contributed by atoms with Crippen molar-refractivity contribution in [2.75, 3.05) is 12.3 Å². The third-order valence-corrected chi connectivity index (χ3v) is 8.64. The number of esters is 1. The summed E-state index contributed by atoms with van der Waals surface area (Å²) >= 11 is 0. The van der Waals surface area contributed by atoms with E-state index < -0.39 is 20.7 Å². The molecule has 226 valence electrons. The van der Waals surface area contributed by atoms with Crippen LogP contribution in [0.2, 0.25) is 0 Å². The summed E-state index contributed by atoms with van der Waals surface area (Å²) in [7, 11) is -1.79. The lowest BCUT2D eigenvalue weighted by atomic mass is 9.70. The third-order valence-electron chi connectivity index (χ3n) is 7.28. The Morgan fingerprint density at radius 2 is 1.95 bits per heavy atom. The van der Waals surface area contributed by atoms with E-state index in [1.54, 1.807) is 17.7 Å². The molecule has 1 aromatic carbocycles. The van der Waals surface area contributed by atoms with E-state index in [0.29, 0.717) is 29.9 Å². The van der Waals surface area contributed by atoms with E-state index in [9.17, 15) is 10.1 Å². The lowest BCUT2D eigenvalue weighted by Crippen LogP contribution is -2.43. The Kier molecular flexibility index (Phi) is 9.93. The van der Waals surface area contributed by atoms with Gasteiger partial charge in [-0.3, -0.25) is 4.79 Å². The molecule has 2 aromatic heterocycles. The van der Waals surface area contributed by atoms with Gasteiger partial charge in [0, 0.05) is 5.69 Å². The van der Waals surface area contributed by atoms with Crippen molar-refractivity contribution >= 4 is 25.8 Å². The maximum Gasteiger partial charge on any atom is 0.323 e. The zero-order valence-corrected chi connectivity index (χ0v) is 26.1. The second-order valence-corrected chi connectivity index (χ2v) is 13.8. The predicted octanol–water partition coefficient (Wildman–Crippen LogP) is 5.44. The largest absolute Gasteiger partial charge is 0.461 e. The molecule has 4 rings (SSSR count). The maximum atomic E-state index is 12.8. The number of nitrogens with zero attached hydrogens (tertiary/aromatic N) is 4. The van der Waals surface area contributed by atoms with Crippen LogP contribution in [0.15, 0.2) is 42.7 Å². The smallest absolute Gasteiger partial charge is 0.323 e. The van der Waals surface area contributed by atoms with E-state index in [-0.39, 0.29) is 29.5 Å². The Balaban J connectivity index is 1.41. The molecule has 1 saturated carbocycles. The molecule has 12 heteroatoms. The molecule has 2 heterocycles. The van der Waals surface area contributed by atoms with Crippen LogP contribution in [-0.4, -0.2) is 45.4 Å².